The average molecular weight is 163 g/mol. The Morgan fingerprint density at radius 2 is 2.17 bits per heavy atom. The van der Waals surface area contributed by atoms with Gasteiger partial charge in [-0.2, -0.15) is 5.06 Å². The molecular weight excluding hydrogens is 150 g/mol. The minimum absolute atomic E-state index is 0.370. The molecule has 0 fully saturated rings. The van der Waals surface area contributed by atoms with E-state index in [0.717, 1.165) is 0 Å². The number of benzene rings is 1. The van der Waals surface area contributed by atoms with Crippen LogP contribution in [0.1, 0.15) is 24.1 Å². The normalized spacial score (nSPS) is 23.7. The van der Waals surface area contributed by atoms with E-state index in [0.29, 0.717) is 12.6 Å². The fourth-order valence-corrected chi connectivity index (χ4v) is 1.55. The van der Waals surface area contributed by atoms with Crippen molar-refractivity contribution in [2.45, 2.75) is 19.6 Å². The molecule has 12 heavy (non-hydrogen) atoms. The van der Waals surface area contributed by atoms with Crippen LogP contribution in [-0.4, -0.2) is 12.1 Å². The first-order valence-corrected chi connectivity index (χ1v) is 4.22. The van der Waals surface area contributed by atoms with Gasteiger partial charge in [0.1, 0.15) is 0 Å². The van der Waals surface area contributed by atoms with E-state index in [4.69, 9.17) is 4.84 Å². The molecule has 0 aromatic heterocycles. The lowest BCUT2D eigenvalue weighted by atomic mass is 10.0. The highest BCUT2D eigenvalue weighted by Gasteiger charge is 2.20. The van der Waals surface area contributed by atoms with Crippen molar-refractivity contribution in [1.82, 2.24) is 5.06 Å². The molecule has 0 aliphatic carbocycles. The molecule has 1 atom stereocenters. The van der Waals surface area contributed by atoms with E-state index in [1.807, 2.05) is 12.1 Å². The summed E-state index contributed by atoms with van der Waals surface area (Å²) in [5, 5.41) is 1.91. The van der Waals surface area contributed by atoms with Gasteiger partial charge < -0.3 is 0 Å². The maximum atomic E-state index is 5.45. The third kappa shape index (κ3) is 1.13. The summed E-state index contributed by atoms with van der Waals surface area (Å²) in [5.74, 6) is 0. The van der Waals surface area contributed by atoms with E-state index in [1.54, 1.807) is 0 Å². The first kappa shape index (κ1) is 7.77. The second-order valence-corrected chi connectivity index (χ2v) is 3.19. The fraction of sp³-hybridized carbons (Fsp3) is 0.400. The van der Waals surface area contributed by atoms with Crippen LogP contribution >= 0.6 is 0 Å². The van der Waals surface area contributed by atoms with Crippen LogP contribution in [0.3, 0.4) is 0 Å². The standard InChI is InChI=1S/C10H13NO/c1-8-10-6-4-3-5-9(10)7-12-11(8)2/h3-6,8H,7H2,1-2H3. The minimum Gasteiger partial charge on any atom is -0.294 e. The number of hydrogen-bond acceptors (Lipinski definition) is 2. The van der Waals surface area contributed by atoms with E-state index >= 15 is 0 Å². The molecule has 1 aromatic carbocycles. The van der Waals surface area contributed by atoms with Crippen LogP contribution in [0.5, 0.6) is 0 Å². The van der Waals surface area contributed by atoms with Crippen LogP contribution in [0.25, 0.3) is 0 Å². The zero-order chi connectivity index (χ0) is 8.55. The molecule has 0 spiro atoms. The quantitative estimate of drug-likeness (QED) is 0.581. The molecule has 0 bridgehead atoms. The van der Waals surface area contributed by atoms with E-state index < -0.39 is 0 Å². The summed E-state index contributed by atoms with van der Waals surface area (Å²) >= 11 is 0. The maximum Gasteiger partial charge on any atom is 0.0939 e. The van der Waals surface area contributed by atoms with Crippen molar-refractivity contribution in [2.75, 3.05) is 7.05 Å². The van der Waals surface area contributed by atoms with Crippen LogP contribution in [0.2, 0.25) is 0 Å². The van der Waals surface area contributed by atoms with Gasteiger partial charge in [-0.3, -0.25) is 4.84 Å². The molecule has 0 saturated carbocycles. The van der Waals surface area contributed by atoms with Crippen LogP contribution in [0.15, 0.2) is 24.3 Å². The van der Waals surface area contributed by atoms with Crippen LogP contribution < -0.4 is 0 Å². The largest absolute Gasteiger partial charge is 0.294 e. The molecule has 1 heterocycles. The summed E-state index contributed by atoms with van der Waals surface area (Å²) in [4.78, 5) is 5.45. The molecule has 0 N–H and O–H groups in total. The number of hydroxylamine groups is 2. The van der Waals surface area contributed by atoms with Gasteiger partial charge in [0.05, 0.1) is 12.6 Å². The lowest BCUT2D eigenvalue weighted by molar-refractivity contribution is -0.187. The Kier molecular flexibility index (Phi) is 1.87. The van der Waals surface area contributed by atoms with Crippen molar-refractivity contribution in [3.8, 4) is 0 Å². The van der Waals surface area contributed by atoms with Crippen molar-refractivity contribution in [2.24, 2.45) is 0 Å². The number of nitrogens with zero attached hydrogens (tertiary/aromatic N) is 1. The molecule has 64 valence electrons. The second kappa shape index (κ2) is 2.88. The molecule has 1 aliphatic heterocycles. The van der Waals surface area contributed by atoms with Gasteiger partial charge in [-0.15, -0.1) is 0 Å². The van der Waals surface area contributed by atoms with Gasteiger partial charge in [0.2, 0.25) is 0 Å². The number of hydrogen-bond donors (Lipinski definition) is 0. The molecule has 1 aromatic rings. The maximum absolute atomic E-state index is 5.45. The summed E-state index contributed by atoms with van der Waals surface area (Å²) in [6.07, 6.45) is 0. The first-order chi connectivity index (χ1) is 5.79. The Bertz CT molecular complexity index is 285. The average Bonchev–Trinajstić information content (AvgIpc) is 2.12. The SMILES string of the molecule is CC1c2ccccc2CON1C. The molecule has 1 aliphatic rings. The monoisotopic (exact) mass is 163 g/mol. The van der Waals surface area contributed by atoms with Gasteiger partial charge in [-0.05, 0) is 18.1 Å². The predicted octanol–water partition coefficient (Wildman–Crippen LogP) is 2.12. The van der Waals surface area contributed by atoms with E-state index in [-0.39, 0.29) is 0 Å². The highest BCUT2D eigenvalue weighted by molar-refractivity contribution is 5.29. The van der Waals surface area contributed by atoms with Crippen LogP contribution in [0, 0.1) is 0 Å². The highest BCUT2D eigenvalue weighted by Crippen LogP contribution is 2.27. The van der Waals surface area contributed by atoms with E-state index in [9.17, 15) is 0 Å². The molecular formula is C10H13NO. The lowest BCUT2D eigenvalue weighted by Crippen LogP contribution is -2.28. The summed E-state index contributed by atoms with van der Waals surface area (Å²) in [5.41, 5.74) is 2.69. The third-order valence-corrected chi connectivity index (χ3v) is 2.47. The fourth-order valence-electron chi connectivity index (χ4n) is 1.55. The lowest BCUT2D eigenvalue weighted by Gasteiger charge is -2.31. The van der Waals surface area contributed by atoms with Crippen molar-refractivity contribution in [1.29, 1.82) is 0 Å². The highest BCUT2D eigenvalue weighted by atomic mass is 16.7. The Labute approximate surface area is 72.7 Å². The Hall–Kier alpha value is -0.860. The Morgan fingerprint density at radius 1 is 1.42 bits per heavy atom. The zero-order valence-electron chi connectivity index (χ0n) is 7.45. The van der Waals surface area contributed by atoms with Crippen molar-refractivity contribution >= 4 is 0 Å². The van der Waals surface area contributed by atoms with Gasteiger partial charge in [-0.1, -0.05) is 24.3 Å². The number of fused-ring (bicyclic) bond motifs is 1. The van der Waals surface area contributed by atoms with Gasteiger partial charge in [0.15, 0.2) is 0 Å². The summed E-state index contributed by atoms with van der Waals surface area (Å²) in [6, 6.07) is 8.79. The Balaban J connectivity index is 2.42. The van der Waals surface area contributed by atoms with Crippen molar-refractivity contribution in [3.63, 3.8) is 0 Å². The molecule has 1 unspecified atom stereocenters. The first-order valence-electron chi connectivity index (χ1n) is 4.22. The molecule has 0 saturated heterocycles. The smallest absolute Gasteiger partial charge is 0.0939 e. The second-order valence-electron chi connectivity index (χ2n) is 3.19. The van der Waals surface area contributed by atoms with Gasteiger partial charge in [0.25, 0.3) is 0 Å². The van der Waals surface area contributed by atoms with Gasteiger partial charge in [0, 0.05) is 7.05 Å². The summed E-state index contributed by atoms with van der Waals surface area (Å²) in [6.45, 7) is 2.86. The zero-order valence-corrected chi connectivity index (χ0v) is 7.45. The predicted molar refractivity (Wildman–Crippen MR) is 47.4 cm³/mol. The van der Waals surface area contributed by atoms with Crippen molar-refractivity contribution in [3.05, 3.63) is 35.4 Å². The molecule has 2 heteroatoms. The van der Waals surface area contributed by atoms with Gasteiger partial charge in [-0.25, -0.2) is 0 Å². The van der Waals surface area contributed by atoms with E-state index in [1.165, 1.54) is 11.1 Å². The van der Waals surface area contributed by atoms with Crippen LogP contribution in [-0.2, 0) is 11.4 Å². The van der Waals surface area contributed by atoms with Gasteiger partial charge >= 0.3 is 0 Å². The molecule has 0 amide bonds. The van der Waals surface area contributed by atoms with E-state index in [2.05, 4.69) is 31.2 Å². The topological polar surface area (TPSA) is 12.5 Å². The molecule has 0 radical (unpaired) electrons. The third-order valence-electron chi connectivity index (χ3n) is 2.47. The molecule has 2 rings (SSSR count). The van der Waals surface area contributed by atoms with Crippen LogP contribution in [0.4, 0.5) is 0 Å². The summed E-state index contributed by atoms with van der Waals surface area (Å²) < 4.78 is 0. The molecule has 2 nitrogen and oxygen atoms in total. The number of rotatable bonds is 0. The Morgan fingerprint density at radius 3 is 3.00 bits per heavy atom. The summed E-state index contributed by atoms with van der Waals surface area (Å²) in [7, 11) is 1.97. The van der Waals surface area contributed by atoms with Crippen molar-refractivity contribution < 1.29 is 4.84 Å². The minimum atomic E-state index is 0.370.